The number of hydrogen-bond donors (Lipinski definition) is 0. The molecule has 0 saturated carbocycles. The molecule has 0 radical (unpaired) electrons. The van der Waals surface area contributed by atoms with Gasteiger partial charge in [0.1, 0.15) is 11.9 Å². The van der Waals surface area contributed by atoms with Crippen LogP contribution in [0.3, 0.4) is 0 Å². The summed E-state index contributed by atoms with van der Waals surface area (Å²) in [6, 6.07) is 11.2. The number of aromatic nitrogens is 1. The summed E-state index contributed by atoms with van der Waals surface area (Å²) in [5.74, 6) is -0.182. The van der Waals surface area contributed by atoms with Crippen molar-refractivity contribution in [2.24, 2.45) is 0 Å². The summed E-state index contributed by atoms with van der Waals surface area (Å²) < 4.78 is 13.3. The van der Waals surface area contributed by atoms with Crippen molar-refractivity contribution in [3.05, 3.63) is 42.1 Å². The van der Waals surface area contributed by atoms with Gasteiger partial charge in [0.2, 0.25) is 0 Å². The van der Waals surface area contributed by atoms with Crippen LogP contribution in [0.4, 0.5) is 4.39 Å². The van der Waals surface area contributed by atoms with E-state index >= 15 is 0 Å². The fraction of sp³-hybridized carbons (Fsp3) is 0.333. The molecule has 0 unspecified atom stereocenters. The Balaban J connectivity index is 1.93. The van der Waals surface area contributed by atoms with E-state index in [0.29, 0.717) is 12.1 Å². The van der Waals surface area contributed by atoms with Crippen molar-refractivity contribution in [2.75, 3.05) is 6.54 Å². The zero-order valence-corrected chi connectivity index (χ0v) is 10.7. The van der Waals surface area contributed by atoms with Gasteiger partial charge in [-0.15, -0.1) is 0 Å². The first kappa shape index (κ1) is 12.1. The van der Waals surface area contributed by atoms with Crippen molar-refractivity contribution in [3.63, 3.8) is 0 Å². The third-order valence-corrected chi connectivity index (χ3v) is 3.60. The van der Waals surface area contributed by atoms with Gasteiger partial charge >= 0.3 is 0 Å². The third kappa shape index (κ3) is 2.18. The highest BCUT2D eigenvalue weighted by molar-refractivity contribution is 5.95. The Bertz CT molecular complexity index is 628. The predicted molar refractivity (Wildman–Crippen MR) is 71.8 cm³/mol. The first-order valence-electron chi connectivity index (χ1n) is 6.46. The zero-order chi connectivity index (χ0) is 13.4. The molecule has 2 aromatic rings. The monoisotopic (exact) mass is 258 g/mol. The van der Waals surface area contributed by atoms with Gasteiger partial charge in [-0.2, -0.15) is 0 Å². The Morgan fingerprint density at radius 2 is 2.11 bits per heavy atom. The van der Waals surface area contributed by atoms with Crippen molar-refractivity contribution in [1.82, 2.24) is 9.88 Å². The minimum Gasteiger partial charge on any atom is -0.332 e. The van der Waals surface area contributed by atoms with E-state index in [0.717, 1.165) is 10.9 Å². The molecule has 0 N–H and O–H groups in total. The Labute approximate surface area is 111 Å². The Hall–Kier alpha value is -1.97. The van der Waals surface area contributed by atoms with Gasteiger partial charge in [0.15, 0.2) is 0 Å². The predicted octanol–water partition coefficient (Wildman–Crippen LogP) is 2.81. The largest absolute Gasteiger partial charge is 0.332 e. The van der Waals surface area contributed by atoms with E-state index in [4.69, 9.17) is 0 Å². The molecule has 1 aromatic heterocycles. The highest BCUT2D eigenvalue weighted by Crippen LogP contribution is 2.22. The number of rotatable bonds is 1. The third-order valence-electron chi connectivity index (χ3n) is 3.60. The Morgan fingerprint density at radius 3 is 2.84 bits per heavy atom. The second-order valence-electron chi connectivity index (χ2n) is 5.03. The summed E-state index contributed by atoms with van der Waals surface area (Å²) >= 11 is 0. The molecule has 0 bridgehead atoms. The van der Waals surface area contributed by atoms with Crippen molar-refractivity contribution >= 4 is 16.8 Å². The van der Waals surface area contributed by atoms with Crippen molar-refractivity contribution in [3.8, 4) is 0 Å². The quantitative estimate of drug-likeness (QED) is 0.788. The van der Waals surface area contributed by atoms with Crippen LogP contribution in [-0.4, -0.2) is 34.5 Å². The average molecular weight is 258 g/mol. The van der Waals surface area contributed by atoms with E-state index < -0.39 is 6.17 Å². The maximum atomic E-state index is 13.3. The molecule has 0 spiro atoms. The fourth-order valence-electron chi connectivity index (χ4n) is 2.58. The summed E-state index contributed by atoms with van der Waals surface area (Å²) in [6.45, 7) is 2.05. The number of likely N-dealkylation sites (tertiary alicyclic amines) is 1. The van der Waals surface area contributed by atoms with E-state index in [1.807, 2.05) is 37.3 Å². The summed E-state index contributed by atoms with van der Waals surface area (Å²) in [5.41, 5.74) is 1.18. The van der Waals surface area contributed by atoms with Crippen LogP contribution in [0.15, 0.2) is 36.4 Å². The molecule has 3 nitrogen and oxygen atoms in total. The smallest absolute Gasteiger partial charge is 0.272 e. The molecule has 4 heteroatoms. The normalized spacial score (nSPS) is 22.9. The summed E-state index contributed by atoms with van der Waals surface area (Å²) in [4.78, 5) is 18.3. The maximum Gasteiger partial charge on any atom is 0.272 e. The molecule has 1 aromatic carbocycles. The average Bonchev–Trinajstić information content (AvgIpc) is 2.76. The van der Waals surface area contributed by atoms with Gasteiger partial charge in [-0.3, -0.25) is 4.79 Å². The zero-order valence-electron chi connectivity index (χ0n) is 10.7. The van der Waals surface area contributed by atoms with Crippen LogP contribution in [0.2, 0.25) is 0 Å². The number of hydrogen-bond acceptors (Lipinski definition) is 2. The summed E-state index contributed by atoms with van der Waals surface area (Å²) in [7, 11) is 0. The van der Waals surface area contributed by atoms with Gasteiger partial charge in [-0.25, -0.2) is 9.37 Å². The molecule has 1 aliphatic heterocycles. The second-order valence-corrected chi connectivity index (χ2v) is 5.03. The first-order chi connectivity index (χ1) is 9.15. The number of pyridine rings is 1. The number of para-hydroxylation sites is 1. The lowest BCUT2D eigenvalue weighted by Gasteiger charge is -2.20. The number of nitrogens with zero attached hydrogens (tertiary/aromatic N) is 2. The Kier molecular flexibility index (Phi) is 2.93. The van der Waals surface area contributed by atoms with Gasteiger partial charge < -0.3 is 4.90 Å². The van der Waals surface area contributed by atoms with Crippen LogP contribution < -0.4 is 0 Å². The number of fused-ring (bicyclic) bond motifs is 1. The molecule has 19 heavy (non-hydrogen) atoms. The lowest BCUT2D eigenvalue weighted by Crippen LogP contribution is -2.34. The number of carbonyl (C=O) groups excluding carboxylic acids is 1. The van der Waals surface area contributed by atoms with Crippen LogP contribution in [-0.2, 0) is 0 Å². The maximum absolute atomic E-state index is 13.3. The summed E-state index contributed by atoms with van der Waals surface area (Å²) in [5, 5.41) is 0.997. The number of carbonyl (C=O) groups is 1. The van der Waals surface area contributed by atoms with Crippen LogP contribution >= 0.6 is 0 Å². The summed E-state index contributed by atoms with van der Waals surface area (Å²) in [6.07, 6.45) is -0.501. The van der Waals surface area contributed by atoms with Crippen LogP contribution in [0, 0.1) is 0 Å². The van der Waals surface area contributed by atoms with Gasteiger partial charge in [-0.1, -0.05) is 24.3 Å². The van der Waals surface area contributed by atoms with E-state index in [1.165, 1.54) is 0 Å². The molecule has 1 fully saturated rings. The van der Waals surface area contributed by atoms with Gasteiger partial charge in [0.25, 0.3) is 5.91 Å². The SMILES string of the molecule is C[C@@H]1C[C@H](F)CN1C(=O)c1ccc2ccccc2n1. The standard InChI is InChI=1S/C15H15FN2O/c1-10-8-12(16)9-18(10)15(19)14-7-6-11-4-2-3-5-13(11)17-14/h2-7,10,12H,8-9H2,1H3/t10-,12+/m1/s1. The molecule has 2 heterocycles. The molecule has 2 atom stereocenters. The van der Waals surface area contributed by atoms with Gasteiger partial charge in [0.05, 0.1) is 12.1 Å². The molecule has 1 saturated heterocycles. The molecule has 98 valence electrons. The molecular weight excluding hydrogens is 243 g/mol. The molecule has 1 amide bonds. The first-order valence-corrected chi connectivity index (χ1v) is 6.46. The van der Waals surface area contributed by atoms with E-state index in [2.05, 4.69) is 4.98 Å². The van der Waals surface area contributed by atoms with Gasteiger partial charge in [0, 0.05) is 17.8 Å². The minimum absolute atomic E-state index is 0.0595. The van der Waals surface area contributed by atoms with E-state index in [-0.39, 0.29) is 18.5 Å². The highest BCUT2D eigenvalue weighted by atomic mass is 19.1. The lowest BCUT2D eigenvalue weighted by molar-refractivity contribution is 0.0734. The Morgan fingerprint density at radius 1 is 1.32 bits per heavy atom. The molecular formula is C15H15FN2O. The minimum atomic E-state index is -0.917. The molecule has 1 aliphatic rings. The van der Waals surface area contributed by atoms with E-state index in [1.54, 1.807) is 11.0 Å². The van der Waals surface area contributed by atoms with Gasteiger partial charge in [-0.05, 0) is 19.1 Å². The molecule has 3 rings (SSSR count). The lowest BCUT2D eigenvalue weighted by atomic mass is 10.2. The van der Waals surface area contributed by atoms with E-state index in [9.17, 15) is 9.18 Å². The van der Waals surface area contributed by atoms with Crippen LogP contribution in [0.1, 0.15) is 23.8 Å². The highest BCUT2D eigenvalue weighted by Gasteiger charge is 2.33. The number of alkyl halides is 1. The van der Waals surface area contributed by atoms with Crippen molar-refractivity contribution in [2.45, 2.75) is 25.6 Å². The molecule has 0 aliphatic carbocycles. The van der Waals surface area contributed by atoms with Crippen LogP contribution in [0.5, 0.6) is 0 Å². The number of benzene rings is 1. The number of amides is 1. The second kappa shape index (κ2) is 4.61. The van der Waals surface area contributed by atoms with Crippen molar-refractivity contribution < 1.29 is 9.18 Å². The number of halogens is 1. The van der Waals surface area contributed by atoms with Crippen LogP contribution in [0.25, 0.3) is 10.9 Å². The fourth-order valence-corrected chi connectivity index (χ4v) is 2.58. The van der Waals surface area contributed by atoms with Crippen molar-refractivity contribution in [1.29, 1.82) is 0 Å². The topological polar surface area (TPSA) is 33.2 Å².